The topological polar surface area (TPSA) is 37.3 Å². The van der Waals surface area contributed by atoms with Crippen LogP contribution in [0.4, 0.5) is 4.39 Å². The summed E-state index contributed by atoms with van der Waals surface area (Å²) in [5.74, 6) is -0.361. The van der Waals surface area contributed by atoms with Crippen molar-refractivity contribution in [2.75, 3.05) is 32.7 Å². The highest BCUT2D eigenvalue weighted by Crippen LogP contribution is 1.95. The molecule has 0 saturated carbocycles. The Bertz CT molecular complexity index is 398. The van der Waals surface area contributed by atoms with Crippen molar-refractivity contribution in [3.05, 3.63) is 34.5 Å². The van der Waals surface area contributed by atoms with E-state index >= 15 is 0 Å². The summed E-state index contributed by atoms with van der Waals surface area (Å²) in [7, 11) is 0. The van der Waals surface area contributed by atoms with E-state index in [-0.39, 0.29) is 11.4 Å². The van der Waals surface area contributed by atoms with Gasteiger partial charge in [0.25, 0.3) is 5.56 Å². The zero-order valence-corrected chi connectivity index (χ0v) is 9.16. The molecule has 0 unspecified atom stereocenters. The van der Waals surface area contributed by atoms with E-state index in [1.165, 1.54) is 22.9 Å². The van der Waals surface area contributed by atoms with Gasteiger partial charge in [-0.25, -0.2) is 4.39 Å². The Hall–Kier alpha value is -1.20. The van der Waals surface area contributed by atoms with Gasteiger partial charge in [-0.2, -0.15) is 0 Å². The summed E-state index contributed by atoms with van der Waals surface area (Å²) in [6.07, 6.45) is 1.27. The van der Waals surface area contributed by atoms with Crippen molar-refractivity contribution < 1.29 is 4.39 Å². The van der Waals surface area contributed by atoms with Crippen molar-refractivity contribution in [1.82, 2.24) is 14.8 Å². The van der Waals surface area contributed by atoms with Crippen LogP contribution in [0.25, 0.3) is 0 Å². The van der Waals surface area contributed by atoms with Crippen molar-refractivity contribution in [3.8, 4) is 0 Å². The standard InChI is InChI=1S/C11H16FN3O/c12-10-1-2-11(16)15(9-10)8-7-14-5-3-13-4-6-14/h1-2,9,13H,3-8H2. The van der Waals surface area contributed by atoms with Crippen LogP contribution < -0.4 is 10.9 Å². The summed E-state index contributed by atoms with van der Waals surface area (Å²) in [6, 6.07) is 2.47. The van der Waals surface area contributed by atoms with E-state index in [9.17, 15) is 9.18 Å². The molecule has 0 amide bonds. The van der Waals surface area contributed by atoms with Crippen molar-refractivity contribution in [2.24, 2.45) is 0 Å². The van der Waals surface area contributed by atoms with Gasteiger partial charge >= 0.3 is 0 Å². The molecule has 1 saturated heterocycles. The summed E-state index contributed by atoms with van der Waals surface area (Å²) in [4.78, 5) is 13.7. The van der Waals surface area contributed by atoms with E-state index in [1.807, 2.05) is 0 Å². The third kappa shape index (κ3) is 2.90. The first-order chi connectivity index (χ1) is 7.75. The number of aromatic nitrogens is 1. The Balaban J connectivity index is 1.93. The molecule has 0 spiro atoms. The molecule has 0 aliphatic carbocycles. The number of hydrogen-bond donors (Lipinski definition) is 1. The summed E-state index contributed by atoms with van der Waals surface area (Å²) < 4.78 is 14.4. The number of rotatable bonds is 3. The maximum absolute atomic E-state index is 12.9. The van der Waals surface area contributed by atoms with Crippen LogP contribution in [-0.2, 0) is 6.54 Å². The molecule has 0 aromatic carbocycles. The summed E-state index contributed by atoms with van der Waals surface area (Å²) in [5, 5.41) is 3.26. The van der Waals surface area contributed by atoms with Gasteiger partial charge in [0.05, 0.1) is 0 Å². The highest BCUT2D eigenvalue weighted by atomic mass is 19.1. The SMILES string of the molecule is O=c1ccc(F)cn1CCN1CCNCC1. The number of halogens is 1. The normalized spacial score (nSPS) is 17.6. The lowest BCUT2D eigenvalue weighted by Crippen LogP contribution is -2.45. The minimum atomic E-state index is -0.361. The lowest BCUT2D eigenvalue weighted by Gasteiger charge is -2.27. The van der Waals surface area contributed by atoms with E-state index in [0.29, 0.717) is 6.54 Å². The molecule has 1 aromatic heterocycles. The first-order valence-electron chi connectivity index (χ1n) is 5.55. The Labute approximate surface area is 93.7 Å². The van der Waals surface area contributed by atoms with Crippen LogP contribution in [0.5, 0.6) is 0 Å². The Morgan fingerprint density at radius 3 is 2.75 bits per heavy atom. The maximum atomic E-state index is 12.9. The molecular weight excluding hydrogens is 209 g/mol. The quantitative estimate of drug-likeness (QED) is 0.780. The van der Waals surface area contributed by atoms with Crippen LogP contribution in [0, 0.1) is 5.82 Å². The first-order valence-corrected chi connectivity index (χ1v) is 5.55. The molecule has 0 radical (unpaired) electrons. The fraction of sp³-hybridized carbons (Fsp3) is 0.545. The van der Waals surface area contributed by atoms with Gasteiger partial charge in [-0.05, 0) is 6.07 Å². The number of piperazine rings is 1. The lowest BCUT2D eigenvalue weighted by molar-refractivity contribution is 0.231. The van der Waals surface area contributed by atoms with Crippen molar-refractivity contribution in [3.63, 3.8) is 0 Å². The van der Waals surface area contributed by atoms with Crippen LogP contribution in [-0.4, -0.2) is 42.2 Å². The van der Waals surface area contributed by atoms with E-state index in [0.717, 1.165) is 32.7 Å². The third-order valence-electron chi connectivity index (χ3n) is 2.81. The van der Waals surface area contributed by atoms with Crippen LogP contribution in [0.2, 0.25) is 0 Å². The smallest absolute Gasteiger partial charge is 0.250 e. The minimum absolute atomic E-state index is 0.142. The number of nitrogens with zero attached hydrogens (tertiary/aromatic N) is 2. The molecule has 4 nitrogen and oxygen atoms in total. The second kappa shape index (κ2) is 5.23. The summed E-state index contributed by atoms with van der Waals surface area (Å²) >= 11 is 0. The molecule has 1 N–H and O–H groups in total. The summed E-state index contributed by atoms with van der Waals surface area (Å²) in [5.41, 5.74) is -0.142. The largest absolute Gasteiger partial charge is 0.314 e. The molecule has 2 rings (SSSR count). The molecule has 0 bridgehead atoms. The van der Waals surface area contributed by atoms with Gasteiger partial charge in [0.15, 0.2) is 0 Å². The van der Waals surface area contributed by atoms with Crippen LogP contribution in [0.3, 0.4) is 0 Å². The van der Waals surface area contributed by atoms with E-state index < -0.39 is 0 Å². The predicted octanol–water partition coefficient (Wildman–Crippen LogP) is -0.107. The van der Waals surface area contributed by atoms with Crippen LogP contribution in [0.15, 0.2) is 23.1 Å². The molecule has 2 heterocycles. The van der Waals surface area contributed by atoms with Gasteiger partial charge in [0, 0.05) is 51.5 Å². The van der Waals surface area contributed by atoms with Gasteiger partial charge in [0.2, 0.25) is 0 Å². The molecule has 88 valence electrons. The monoisotopic (exact) mass is 225 g/mol. The lowest BCUT2D eigenvalue weighted by atomic mass is 10.3. The summed E-state index contributed by atoms with van der Waals surface area (Å²) in [6.45, 7) is 5.30. The Kier molecular flexibility index (Phi) is 3.69. The molecular formula is C11H16FN3O. The number of pyridine rings is 1. The predicted molar refractivity (Wildman–Crippen MR) is 60.0 cm³/mol. The highest BCUT2D eigenvalue weighted by molar-refractivity contribution is 4.96. The van der Waals surface area contributed by atoms with Gasteiger partial charge < -0.3 is 9.88 Å². The van der Waals surface area contributed by atoms with Crippen molar-refractivity contribution >= 4 is 0 Å². The van der Waals surface area contributed by atoms with Gasteiger partial charge in [-0.3, -0.25) is 9.69 Å². The fourth-order valence-electron chi connectivity index (χ4n) is 1.86. The number of nitrogens with one attached hydrogen (secondary N) is 1. The van der Waals surface area contributed by atoms with E-state index in [1.54, 1.807) is 0 Å². The van der Waals surface area contributed by atoms with Gasteiger partial charge in [-0.15, -0.1) is 0 Å². The molecule has 16 heavy (non-hydrogen) atoms. The van der Waals surface area contributed by atoms with Crippen molar-refractivity contribution in [2.45, 2.75) is 6.54 Å². The van der Waals surface area contributed by atoms with Crippen molar-refractivity contribution in [1.29, 1.82) is 0 Å². The van der Waals surface area contributed by atoms with E-state index in [2.05, 4.69) is 10.2 Å². The third-order valence-corrected chi connectivity index (χ3v) is 2.81. The second-order valence-electron chi connectivity index (χ2n) is 3.97. The average molecular weight is 225 g/mol. The molecule has 5 heteroatoms. The zero-order chi connectivity index (χ0) is 11.4. The minimum Gasteiger partial charge on any atom is -0.314 e. The van der Waals surface area contributed by atoms with E-state index in [4.69, 9.17) is 0 Å². The van der Waals surface area contributed by atoms with Crippen LogP contribution >= 0.6 is 0 Å². The molecule has 1 aromatic rings. The Morgan fingerprint density at radius 1 is 1.25 bits per heavy atom. The molecule has 0 atom stereocenters. The number of hydrogen-bond acceptors (Lipinski definition) is 3. The molecule has 1 fully saturated rings. The highest BCUT2D eigenvalue weighted by Gasteiger charge is 2.09. The first kappa shape index (κ1) is 11.3. The fourth-order valence-corrected chi connectivity index (χ4v) is 1.86. The Morgan fingerprint density at radius 2 is 2.00 bits per heavy atom. The second-order valence-corrected chi connectivity index (χ2v) is 3.97. The average Bonchev–Trinajstić information content (AvgIpc) is 2.32. The van der Waals surface area contributed by atoms with Gasteiger partial charge in [0.1, 0.15) is 5.82 Å². The van der Waals surface area contributed by atoms with Gasteiger partial charge in [-0.1, -0.05) is 0 Å². The maximum Gasteiger partial charge on any atom is 0.250 e. The van der Waals surface area contributed by atoms with Crippen LogP contribution in [0.1, 0.15) is 0 Å². The molecule has 1 aliphatic heterocycles. The molecule has 1 aliphatic rings. The zero-order valence-electron chi connectivity index (χ0n) is 9.16.